The Hall–Kier alpha value is -1.67. The van der Waals surface area contributed by atoms with Gasteiger partial charge < -0.3 is 5.11 Å². The molecule has 9 atom stereocenters. The average Bonchev–Trinajstić information content (AvgIpc) is 3.43. The van der Waals surface area contributed by atoms with E-state index in [1.165, 1.54) is 44.9 Å². The van der Waals surface area contributed by atoms with Gasteiger partial charge in [-0.25, -0.2) is 0 Å². The molecule has 6 rings (SSSR count). The maximum Gasteiger partial charge on any atom is 0.157 e. The van der Waals surface area contributed by atoms with Crippen molar-refractivity contribution >= 4 is 5.78 Å². The highest BCUT2D eigenvalue weighted by Gasteiger charge is 2.63. The van der Waals surface area contributed by atoms with Gasteiger partial charge in [-0.05, 0) is 118 Å². The topological polar surface area (TPSA) is 78.9 Å². The van der Waals surface area contributed by atoms with E-state index in [0.29, 0.717) is 35.6 Å². The normalized spacial score (nSPS) is 46.7. The first-order chi connectivity index (χ1) is 15.8. The third-order valence-electron chi connectivity index (χ3n) is 11.0. The van der Waals surface area contributed by atoms with Crippen molar-refractivity contribution in [1.82, 2.24) is 9.78 Å². The second kappa shape index (κ2) is 7.67. The molecular weight excluding hydrogens is 410 g/mol. The minimum atomic E-state index is -0.462. The fraction of sp³-hybridized carbons (Fsp3) is 0.821. The predicted octanol–water partition coefficient (Wildman–Crippen LogP) is 4.98. The van der Waals surface area contributed by atoms with E-state index < -0.39 is 5.60 Å². The summed E-state index contributed by atoms with van der Waals surface area (Å²) in [5.41, 5.74) is 0.179. The summed E-state index contributed by atoms with van der Waals surface area (Å²) in [7, 11) is 0. The number of nitrogens with zero attached hydrogens (tertiary/aromatic N) is 3. The lowest BCUT2D eigenvalue weighted by atomic mass is 9.48. The second-order valence-electron chi connectivity index (χ2n) is 12.9. The number of hydrogen-bond acceptors (Lipinski definition) is 4. The van der Waals surface area contributed by atoms with Crippen LogP contribution in [0.3, 0.4) is 0 Å². The molecule has 1 heterocycles. The number of aromatic nitrogens is 2. The van der Waals surface area contributed by atoms with E-state index in [0.717, 1.165) is 42.9 Å². The van der Waals surface area contributed by atoms with Crippen LogP contribution in [-0.2, 0) is 11.3 Å². The fourth-order valence-corrected chi connectivity index (χ4v) is 9.54. The number of rotatable bonds is 4. The molecule has 5 fully saturated rings. The monoisotopic (exact) mass is 449 g/mol. The molecule has 5 heteroatoms. The number of ketones is 1. The van der Waals surface area contributed by atoms with Crippen molar-refractivity contribution in [3.05, 3.63) is 18.0 Å². The number of aliphatic hydroxyl groups is 1. The maximum atomic E-state index is 13.6. The Morgan fingerprint density at radius 3 is 2.58 bits per heavy atom. The van der Waals surface area contributed by atoms with Gasteiger partial charge in [0, 0.05) is 12.1 Å². The van der Waals surface area contributed by atoms with Gasteiger partial charge in [-0.15, -0.1) is 0 Å². The molecule has 1 aromatic heterocycles. The molecule has 2 unspecified atom stereocenters. The van der Waals surface area contributed by atoms with Crippen LogP contribution in [0, 0.1) is 64.1 Å². The van der Waals surface area contributed by atoms with Gasteiger partial charge in [-0.2, -0.15) is 10.4 Å². The zero-order chi connectivity index (χ0) is 23.0. The van der Waals surface area contributed by atoms with Crippen molar-refractivity contribution in [1.29, 1.82) is 5.26 Å². The summed E-state index contributed by atoms with van der Waals surface area (Å²) < 4.78 is 1.68. The highest BCUT2D eigenvalue weighted by molar-refractivity contribution is 5.82. The summed E-state index contributed by atoms with van der Waals surface area (Å²) in [6, 6.07) is 2.12. The number of fused-ring (bicyclic) bond motifs is 5. The Kier molecular flexibility index (Phi) is 5.07. The average molecular weight is 450 g/mol. The summed E-state index contributed by atoms with van der Waals surface area (Å²) in [5.74, 6) is 5.77. The molecular formula is C28H39N3O2. The van der Waals surface area contributed by atoms with Crippen LogP contribution in [0.2, 0.25) is 0 Å². The number of carbonyl (C=O) groups excluding carboxylic acids is 1. The smallest absolute Gasteiger partial charge is 0.157 e. The van der Waals surface area contributed by atoms with Crippen molar-refractivity contribution in [2.45, 2.75) is 90.2 Å². The van der Waals surface area contributed by atoms with Crippen LogP contribution in [0.25, 0.3) is 0 Å². The highest BCUT2D eigenvalue weighted by atomic mass is 16.3. The lowest BCUT2D eigenvalue weighted by Crippen LogP contribution is -2.52. The molecule has 5 aliphatic carbocycles. The summed E-state index contributed by atoms with van der Waals surface area (Å²) in [6.45, 7) is 4.81. The van der Waals surface area contributed by atoms with Crippen LogP contribution in [0.5, 0.6) is 0 Å². The molecule has 0 spiro atoms. The van der Waals surface area contributed by atoms with Gasteiger partial charge in [-0.3, -0.25) is 9.48 Å². The molecule has 0 radical (unpaired) electrons. The maximum absolute atomic E-state index is 13.6. The van der Waals surface area contributed by atoms with Gasteiger partial charge in [0.15, 0.2) is 5.78 Å². The number of Topliss-reactive ketones (excluding diaryl/α,β-unsaturated/α-hetero) is 1. The lowest BCUT2D eigenvalue weighted by molar-refractivity contribution is -0.134. The second-order valence-corrected chi connectivity index (χ2v) is 12.9. The molecule has 0 amide bonds. The Morgan fingerprint density at radius 1 is 1.09 bits per heavy atom. The Morgan fingerprint density at radius 2 is 1.85 bits per heavy atom. The minimum absolute atomic E-state index is 0.115. The van der Waals surface area contributed by atoms with Gasteiger partial charge in [0.1, 0.15) is 6.07 Å². The zero-order valence-electron chi connectivity index (χ0n) is 20.2. The third-order valence-corrected chi connectivity index (χ3v) is 11.0. The number of carbonyl (C=O) groups is 1. The van der Waals surface area contributed by atoms with Crippen LogP contribution >= 0.6 is 0 Å². The van der Waals surface area contributed by atoms with Crippen LogP contribution in [0.4, 0.5) is 0 Å². The molecule has 178 valence electrons. The molecule has 0 aliphatic heterocycles. The Balaban J connectivity index is 1.25. The molecule has 0 bridgehead atoms. The summed E-state index contributed by atoms with van der Waals surface area (Å²) in [4.78, 5) is 13.6. The Bertz CT molecular complexity index is 972. The molecule has 1 aromatic rings. The number of hydrogen-bond donors (Lipinski definition) is 1. The van der Waals surface area contributed by atoms with E-state index in [2.05, 4.69) is 18.1 Å². The van der Waals surface area contributed by atoms with E-state index in [9.17, 15) is 9.90 Å². The first kappa shape index (κ1) is 21.8. The van der Waals surface area contributed by atoms with E-state index in [1.807, 2.05) is 6.92 Å². The fourth-order valence-electron chi connectivity index (χ4n) is 9.54. The van der Waals surface area contributed by atoms with Crippen molar-refractivity contribution in [2.75, 3.05) is 0 Å². The minimum Gasteiger partial charge on any atom is -0.390 e. The third kappa shape index (κ3) is 3.59. The largest absolute Gasteiger partial charge is 0.390 e. The van der Waals surface area contributed by atoms with E-state index in [4.69, 9.17) is 5.26 Å². The van der Waals surface area contributed by atoms with E-state index in [1.54, 1.807) is 17.1 Å². The van der Waals surface area contributed by atoms with Crippen LogP contribution in [0.15, 0.2) is 12.4 Å². The summed E-state index contributed by atoms with van der Waals surface area (Å²) in [6.07, 6.45) is 15.2. The molecule has 1 N–H and O–H groups in total. The molecule has 33 heavy (non-hydrogen) atoms. The molecule has 0 aromatic carbocycles. The first-order valence-corrected chi connectivity index (χ1v) is 13.5. The van der Waals surface area contributed by atoms with Gasteiger partial charge >= 0.3 is 0 Å². The molecule has 0 saturated heterocycles. The number of nitriles is 1. The van der Waals surface area contributed by atoms with Crippen LogP contribution in [-0.4, -0.2) is 26.3 Å². The van der Waals surface area contributed by atoms with Crippen LogP contribution in [0.1, 0.15) is 83.6 Å². The van der Waals surface area contributed by atoms with Crippen molar-refractivity contribution in [3.63, 3.8) is 0 Å². The lowest BCUT2D eigenvalue weighted by Gasteiger charge is -2.57. The molecule has 5 nitrogen and oxygen atoms in total. The molecule has 5 aliphatic rings. The zero-order valence-corrected chi connectivity index (χ0v) is 20.2. The van der Waals surface area contributed by atoms with E-state index in [-0.39, 0.29) is 11.3 Å². The summed E-state index contributed by atoms with van der Waals surface area (Å²) >= 11 is 0. The van der Waals surface area contributed by atoms with Gasteiger partial charge in [-0.1, -0.05) is 6.92 Å². The van der Waals surface area contributed by atoms with Gasteiger partial charge in [0.2, 0.25) is 0 Å². The quantitative estimate of drug-likeness (QED) is 0.703. The van der Waals surface area contributed by atoms with Crippen molar-refractivity contribution in [3.8, 4) is 6.07 Å². The highest BCUT2D eigenvalue weighted by Crippen LogP contribution is 2.69. The summed E-state index contributed by atoms with van der Waals surface area (Å²) in [5, 5.41) is 24.1. The van der Waals surface area contributed by atoms with E-state index >= 15 is 0 Å². The molecule has 5 saturated carbocycles. The van der Waals surface area contributed by atoms with Crippen molar-refractivity contribution in [2.24, 2.45) is 52.8 Å². The van der Waals surface area contributed by atoms with Crippen LogP contribution < -0.4 is 0 Å². The first-order valence-electron chi connectivity index (χ1n) is 13.5. The standard InChI is InChI=1S/C28H39N3O2/c1-27(33)9-7-20-19(12-27)5-6-22-21(20)8-10-28(2)24(11-23(26(22)28)18-3-4-18)25(32)16-31-15-17(13-29)14-30-31/h14-15,18-24,26,33H,3-12,16H2,1-2H3/t19-,20+,21-,22-,23?,24?,26-,27-,28-/m1/s1. The van der Waals surface area contributed by atoms with Gasteiger partial charge in [0.05, 0.1) is 23.9 Å². The van der Waals surface area contributed by atoms with Crippen molar-refractivity contribution < 1.29 is 9.90 Å². The predicted molar refractivity (Wildman–Crippen MR) is 125 cm³/mol. The Labute approximate surface area is 197 Å². The SMILES string of the molecule is C[C@@]1(O)CC[C@H]2[C@H](CC[C@@H]3[C@@H]2CC[C@]2(C)C(C(=O)Cn4cc(C#N)cn4)CC(C4CC4)[C@@H]32)C1. The van der Waals surface area contributed by atoms with Gasteiger partial charge in [0.25, 0.3) is 0 Å².